The Balaban J connectivity index is 1.41. The van der Waals surface area contributed by atoms with E-state index >= 15 is 0 Å². The Morgan fingerprint density at radius 3 is 2.61 bits per heavy atom. The Morgan fingerprint density at radius 2 is 1.89 bits per heavy atom. The zero-order chi connectivity index (χ0) is 12.6. The molecule has 2 saturated carbocycles. The van der Waals surface area contributed by atoms with Crippen LogP contribution in [0.5, 0.6) is 0 Å². The third-order valence-corrected chi connectivity index (χ3v) is 3.74. The third kappa shape index (κ3) is 5.71. The van der Waals surface area contributed by atoms with Crippen molar-refractivity contribution in [3.63, 3.8) is 0 Å². The molecular formula is C14H26N2O2. The topological polar surface area (TPSA) is 50.4 Å². The predicted molar refractivity (Wildman–Crippen MR) is 71.6 cm³/mol. The molecule has 0 aromatic heterocycles. The van der Waals surface area contributed by atoms with Crippen molar-refractivity contribution in [3.05, 3.63) is 0 Å². The Hall–Kier alpha value is -0.770. The molecule has 0 atom stereocenters. The maximum atomic E-state index is 11.6. The van der Waals surface area contributed by atoms with Crippen LogP contribution in [0.1, 0.15) is 51.4 Å². The van der Waals surface area contributed by atoms with Crippen LogP contribution < -0.4 is 10.6 Å². The predicted octanol–water partition coefficient (Wildman–Crippen LogP) is 2.44. The number of hydrogen-bond donors (Lipinski definition) is 2. The van der Waals surface area contributed by atoms with Gasteiger partial charge in [0.2, 0.25) is 0 Å². The van der Waals surface area contributed by atoms with E-state index < -0.39 is 0 Å². The van der Waals surface area contributed by atoms with Crippen molar-refractivity contribution in [2.75, 3.05) is 19.8 Å². The normalized spacial score (nSPS) is 20.7. The van der Waals surface area contributed by atoms with Gasteiger partial charge in [0, 0.05) is 25.8 Å². The average Bonchev–Trinajstić information content (AvgIpc) is 3.19. The highest BCUT2D eigenvalue weighted by Gasteiger charge is 2.20. The van der Waals surface area contributed by atoms with Crippen LogP contribution in [0.25, 0.3) is 0 Å². The monoisotopic (exact) mass is 254 g/mol. The fourth-order valence-corrected chi connectivity index (χ4v) is 2.39. The second kappa shape index (κ2) is 7.62. The van der Waals surface area contributed by atoms with Gasteiger partial charge >= 0.3 is 6.03 Å². The van der Waals surface area contributed by atoms with Crippen LogP contribution in [0.15, 0.2) is 0 Å². The Morgan fingerprint density at radius 1 is 1.11 bits per heavy atom. The summed E-state index contributed by atoms with van der Waals surface area (Å²) >= 11 is 0. The number of carbonyl (C=O) groups excluding carboxylic acids is 1. The van der Waals surface area contributed by atoms with Gasteiger partial charge in [-0.1, -0.05) is 19.3 Å². The summed E-state index contributed by atoms with van der Waals surface area (Å²) in [5, 5.41) is 5.95. The lowest BCUT2D eigenvalue weighted by molar-refractivity contribution is 0.122. The molecule has 2 amide bonds. The highest BCUT2D eigenvalue weighted by Crippen LogP contribution is 2.28. The van der Waals surface area contributed by atoms with Crippen LogP contribution in [0.2, 0.25) is 0 Å². The molecule has 4 heteroatoms. The number of amides is 2. The lowest BCUT2D eigenvalue weighted by Crippen LogP contribution is -2.43. The van der Waals surface area contributed by atoms with Gasteiger partial charge in [0.1, 0.15) is 0 Å². The summed E-state index contributed by atoms with van der Waals surface area (Å²) in [6.07, 6.45) is 9.67. The zero-order valence-electron chi connectivity index (χ0n) is 11.2. The fraction of sp³-hybridized carbons (Fsp3) is 0.929. The molecule has 0 radical (unpaired) electrons. The van der Waals surface area contributed by atoms with Gasteiger partial charge in [-0.2, -0.15) is 0 Å². The first kappa shape index (κ1) is 13.7. The second-order valence-electron chi connectivity index (χ2n) is 5.61. The molecule has 4 nitrogen and oxygen atoms in total. The van der Waals surface area contributed by atoms with E-state index in [4.69, 9.17) is 4.74 Å². The molecule has 0 aliphatic heterocycles. The van der Waals surface area contributed by atoms with Crippen molar-refractivity contribution in [1.29, 1.82) is 0 Å². The number of urea groups is 1. The molecule has 0 saturated heterocycles. The highest BCUT2D eigenvalue weighted by molar-refractivity contribution is 5.74. The van der Waals surface area contributed by atoms with E-state index in [1.807, 2.05) is 0 Å². The van der Waals surface area contributed by atoms with E-state index in [-0.39, 0.29) is 6.03 Å². The van der Waals surface area contributed by atoms with Gasteiger partial charge < -0.3 is 15.4 Å². The van der Waals surface area contributed by atoms with Crippen LogP contribution in [0, 0.1) is 5.92 Å². The second-order valence-corrected chi connectivity index (χ2v) is 5.61. The van der Waals surface area contributed by atoms with Gasteiger partial charge in [0.05, 0.1) is 0 Å². The lowest BCUT2D eigenvalue weighted by Gasteiger charge is -2.22. The van der Waals surface area contributed by atoms with Crippen molar-refractivity contribution in [2.45, 2.75) is 57.4 Å². The smallest absolute Gasteiger partial charge is 0.315 e. The first-order valence-electron chi connectivity index (χ1n) is 7.46. The first-order chi connectivity index (χ1) is 8.84. The number of carbonyl (C=O) groups is 1. The maximum absolute atomic E-state index is 11.6. The molecule has 2 aliphatic rings. The van der Waals surface area contributed by atoms with Crippen LogP contribution in [0.4, 0.5) is 4.79 Å². The van der Waals surface area contributed by atoms with Gasteiger partial charge in [-0.25, -0.2) is 4.79 Å². The lowest BCUT2D eigenvalue weighted by atomic mass is 9.96. The minimum atomic E-state index is -0.0101. The first-order valence-corrected chi connectivity index (χ1v) is 7.46. The summed E-state index contributed by atoms with van der Waals surface area (Å²) < 4.78 is 5.52. The van der Waals surface area contributed by atoms with Crippen LogP contribution in [0.3, 0.4) is 0 Å². The molecule has 2 N–H and O–H groups in total. The van der Waals surface area contributed by atoms with Crippen molar-refractivity contribution in [3.8, 4) is 0 Å². The fourth-order valence-electron chi connectivity index (χ4n) is 2.39. The Kier molecular flexibility index (Phi) is 5.78. The van der Waals surface area contributed by atoms with Gasteiger partial charge in [-0.05, 0) is 38.0 Å². The number of ether oxygens (including phenoxy) is 1. The molecule has 0 unspecified atom stereocenters. The summed E-state index contributed by atoms with van der Waals surface area (Å²) in [4.78, 5) is 11.6. The summed E-state index contributed by atoms with van der Waals surface area (Å²) in [7, 11) is 0. The van der Waals surface area contributed by atoms with Crippen LogP contribution in [-0.2, 0) is 4.74 Å². The quantitative estimate of drug-likeness (QED) is 0.686. The van der Waals surface area contributed by atoms with Gasteiger partial charge in [-0.3, -0.25) is 0 Å². The molecule has 2 aliphatic carbocycles. The molecule has 2 rings (SSSR count). The molecule has 18 heavy (non-hydrogen) atoms. The minimum Gasteiger partial charge on any atom is -0.381 e. The van der Waals surface area contributed by atoms with E-state index in [1.54, 1.807) is 0 Å². The summed E-state index contributed by atoms with van der Waals surface area (Å²) in [6.45, 7) is 2.39. The summed E-state index contributed by atoms with van der Waals surface area (Å²) in [5.41, 5.74) is 0. The van der Waals surface area contributed by atoms with E-state index in [0.29, 0.717) is 12.6 Å². The van der Waals surface area contributed by atoms with Crippen molar-refractivity contribution >= 4 is 6.03 Å². The Labute approximate surface area is 110 Å². The van der Waals surface area contributed by atoms with Crippen molar-refractivity contribution in [1.82, 2.24) is 10.6 Å². The standard InChI is InChI=1S/C14H26N2O2/c17-14(16-13-5-2-1-3-6-13)15-9-4-10-18-11-12-7-8-12/h12-13H,1-11H2,(H2,15,16,17). The van der Waals surface area contributed by atoms with Crippen LogP contribution >= 0.6 is 0 Å². The SMILES string of the molecule is O=C(NCCCOCC1CC1)NC1CCCCC1. The van der Waals surface area contributed by atoms with Gasteiger partial charge in [-0.15, -0.1) is 0 Å². The van der Waals surface area contributed by atoms with Gasteiger partial charge in [0.25, 0.3) is 0 Å². The minimum absolute atomic E-state index is 0.0101. The summed E-state index contributed by atoms with van der Waals surface area (Å²) in [6, 6.07) is 0.383. The Bertz CT molecular complexity index is 248. The number of nitrogens with one attached hydrogen (secondary N) is 2. The van der Waals surface area contributed by atoms with E-state index in [9.17, 15) is 4.79 Å². The summed E-state index contributed by atoms with van der Waals surface area (Å²) in [5.74, 6) is 0.826. The molecular weight excluding hydrogens is 228 g/mol. The van der Waals surface area contributed by atoms with Crippen LogP contribution in [-0.4, -0.2) is 31.8 Å². The van der Waals surface area contributed by atoms with Crippen molar-refractivity contribution in [2.24, 2.45) is 5.92 Å². The van der Waals surface area contributed by atoms with E-state index in [1.165, 1.54) is 32.1 Å². The highest BCUT2D eigenvalue weighted by atomic mass is 16.5. The van der Waals surface area contributed by atoms with E-state index in [0.717, 1.165) is 38.4 Å². The molecule has 0 aromatic rings. The molecule has 0 aromatic carbocycles. The average molecular weight is 254 g/mol. The molecule has 2 fully saturated rings. The molecule has 0 bridgehead atoms. The zero-order valence-corrected chi connectivity index (χ0v) is 11.2. The molecule has 0 spiro atoms. The number of hydrogen-bond acceptors (Lipinski definition) is 2. The third-order valence-electron chi connectivity index (χ3n) is 3.74. The number of rotatable bonds is 7. The maximum Gasteiger partial charge on any atom is 0.315 e. The molecule has 104 valence electrons. The van der Waals surface area contributed by atoms with E-state index in [2.05, 4.69) is 10.6 Å². The largest absolute Gasteiger partial charge is 0.381 e. The van der Waals surface area contributed by atoms with Crippen molar-refractivity contribution < 1.29 is 9.53 Å². The van der Waals surface area contributed by atoms with Gasteiger partial charge in [0.15, 0.2) is 0 Å². The molecule has 0 heterocycles.